The Morgan fingerprint density at radius 2 is 0.723 bits per heavy atom. The molecule has 2 amide bonds. The zero-order chi connectivity index (χ0) is 35.0. The van der Waals surface area contributed by atoms with Gasteiger partial charge in [-0.2, -0.15) is 0 Å². The van der Waals surface area contributed by atoms with E-state index in [1.54, 1.807) is 0 Å². The van der Waals surface area contributed by atoms with Gasteiger partial charge in [-0.05, 0) is 25.7 Å². The van der Waals surface area contributed by atoms with E-state index < -0.39 is 36.0 Å². The van der Waals surface area contributed by atoms with E-state index in [9.17, 15) is 39.0 Å². The second kappa shape index (κ2) is 35.4. The molecule has 0 aromatic rings. The number of aliphatic carboxylic acids is 4. The molecule has 0 aliphatic rings. The van der Waals surface area contributed by atoms with Gasteiger partial charge in [-0.1, -0.05) is 117 Å². The van der Waals surface area contributed by atoms with Gasteiger partial charge in [0.25, 0.3) is 0 Å². The van der Waals surface area contributed by atoms with Crippen molar-refractivity contribution in [3.05, 3.63) is 0 Å². The second-order valence-corrected chi connectivity index (χ2v) is 11.9. The minimum atomic E-state index is -1.44. The minimum absolute atomic E-state index is 0. The summed E-state index contributed by atoms with van der Waals surface area (Å²) in [5.74, 6) is -5.77. The third kappa shape index (κ3) is 36.8. The van der Waals surface area contributed by atoms with Crippen LogP contribution in [0.4, 0.5) is 0 Å². The zero-order valence-corrected chi connectivity index (χ0v) is 31.2. The van der Waals surface area contributed by atoms with Crippen molar-refractivity contribution in [2.45, 2.75) is 180 Å². The number of carboxylic acid groups (broad SMARTS) is 4. The van der Waals surface area contributed by atoms with Crippen molar-refractivity contribution in [1.29, 1.82) is 0 Å². The molecule has 0 aliphatic carbocycles. The van der Waals surface area contributed by atoms with E-state index in [4.69, 9.17) is 10.2 Å². The van der Waals surface area contributed by atoms with Crippen LogP contribution in [-0.4, -0.2) is 95.7 Å². The van der Waals surface area contributed by atoms with Crippen molar-refractivity contribution in [3.8, 4) is 0 Å². The van der Waals surface area contributed by atoms with Gasteiger partial charge in [0.15, 0.2) is 0 Å². The van der Waals surface area contributed by atoms with E-state index in [-0.39, 0.29) is 88.1 Å². The molecule has 0 rings (SSSR count). The zero-order valence-electron chi connectivity index (χ0n) is 29.0. The fraction of sp³-hybridized carbons (Fsp3) is 0.824. The van der Waals surface area contributed by atoms with E-state index in [0.29, 0.717) is 0 Å². The molecule has 0 unspecified atom stereocenters. The fourth-order valence-electron chi connectivity index (χ4n) is 4.76. The van der Waals surface area contributed by atoms with Gasteiger partial charge >= 0.3 is 49.7 Å². The number of carbonyl (C=O) groups excluding carboxylic acids is 4. The van der Waals surface area contributed by atoms with Crippen LogP contribution in [-0.2, 0) is 28.8 Å². The van der Waals surface area contributed by atoms with Gasteiger partial charge in [-0.25, -0.2) is 0 Å². The van der Waals surface area contributed by atoms with Crippen molar-refractivity contribution in [1.82, 2.24) is 10.6 Å². The number of carbonyl (C=O) groups is 6. The molecule has 2 atom stereocenters. The Bertz CT molecular complexity index is 789. The first-order chi connectivity index (χ1) is 21.9. The van der Waals surface area contributed by atoms with Crippen LogP contribution in [0.15, 0.2) is 0 Å². The molecule has 0 saturated carbocycles. The summed E-state index contributed by atoms with van der Waals surface area (Å²) in [7, 11) is 0. The smallest absolute Gasteiger partial charge is 0.548 e. The average Bonchev–Trinajstić information content (AvgIpc) is 2.99. The average molecular weight is 697 g/mol. The molecule has 0 spiro atoms. The first-order valence-corrected chi connectivity index (χ1v) is 17.4. The summed E-state index contributed by atoms with van der Waals surface area (Å²) in [5.41, 5.74) is 0. The van der Waals surface area contributed by atoms with Gasteiger partial charge < -0.3 is 40.6 Å². The Morgan fingerprint density at radius 1 is 0.468 bits per heavy atom. The summed E-state index contributed by atoms with van der Waals surface area (Å²) in [4.78, 5) is 65.9. The summed E-state index contributed by atoms with van der Waals surface area (Å²) >= 11 is 0. The number of amides is 2. The van der Waals surface area contributed by atoms with Crippen molar-refractivity contribution < 1.29 is 49.2 Å². The van der Waals surface area contributed by atoms with Gasteiger partial charge in [0.1, 0.15) is 0 Å². The number of hydrogen-bond donors (Lipinski definition) is 4. The van der Waals surface area contributed by atoms with Gasteiger partial charge in [-0.3, -0.25) is 19.2 Å². The molecule has 0 fully saturated rings. The van der Waals surface area contributed by atoms with E-state index in [1.165, 1.54) is 77.0 Å². The topological polar surface area (TPSA) is 213 Å². The molecule has 268 valence electrons. The van der Waals surface area contributed by atoms with Crippen molar-refractivity contribution in [3.63, 3.8) is 0 Å². The molecule has 12 nitrogen and oxygen atoms in total. The van der Waals surface area contributed by atoms with Crippen molar-refractivity contribution in [2.75, 3.05) is 0 Å². The fourth-order valence-corrected chi connectivity index (χ4v) is 4.76. The molecule has 13 heteroatoms. The van der Waals surface area contributed by atoms with Gasteiger partial charge in [0, 0.05) is 25.7 Å². The summed E-state index contributed by atoms with van der Waals surface area (Å²) in [6.07, 6.45) is 20.1. The van der Waals surface area contributed by atoms with E-state index in [1.807, 2.05) is 0 Å². The largest absolute Gasteiger partial charge is 2.00 e. The summed E-state index contributed by atoms with van der Waals surface area (Å²) in [6.45, 7) is 4.38. The van der Waals surface area contributed by atoms with Crippen LogP contribution in [0.25, 0.3) is 0 Å². The molecule has 0 aromatic heterocycles. The molecule has 0 bridgehead atoms. The van der Waals surface area contributed by atoms with Crippen LogP contribution in [0.3, 0.4) is 0 Å². The maximum absolute atomic E-state index is 11.7. The van der Waals surface area contributed by atoms with Gasteiger partial charge in [0.2, 0.25) is 11.8 Å². The Balaban J connectivity index is -0.000000807. The van der Waals surface area contributed by atoms with Crippen LogP contribution in [0, 0.1) is 0 Å². The normalized spacial score (nSPS) is 11.6. The van der Waals surface area contributed by atoms with E-state index in [0.717, 1.165) is 38.5 Å². The van der Waals surface area contributed by atoms with Crippen molar-refractivity contribution in [2.24, 2.45) is 0 Å². The number of unbranched alkanes of at least 4 members (excludes halogenated alkanes) is 16. The van der Waals surface area contributed by atoms with E-state index in [2.05, 4.69) is 24.5 Å². The van der Waals surface area contributed by atoms with Gasteiger partial charge in [-0.15, -0.1) is 0 Å². The second-order valence-electron chi connectivity index (χ2n) is 11.9. The van der Waals surface area contributed by atoms with Crippen LogP contribution >= 0.6 is 0 Å². The van der Waals surface area contributed by atoms with Crippen LogP contribution in [0.5, 0.6) is 0 Å². The molecule has 0 aromatic carbocycles. The van der Waals surface area contributed by atoms with Crippen LogP contribution < -0.4 is 20.8 Å². The predicted octanol–water partition coefficient (Wildman–Crippen LogP) is 3.63. The summed E-state index contributed by atoms with van der Waals surface area (Å²) in [5, 5.41) is 43.5. The number of rotatable bonds is 30. The number of carboxylic acids is 4. The molecule has 47 heavy (non-hydrogen) atoms. The quantitative estimate of drug-likeness (QED) is 0.0632. The molecule has 4 N–H and O–H groups in total. The molecular formula is C34H60CaN2O10. The van der Waals surface area contributed by atoms with E-state index >= 15 is 0 Å². The maximum Gasteiger partial charge on any atom is 2.00 e. The van der Waals surface area contributed by atoms with Crippen LogP contribution in [0.1, 0.15) is 168 Å². The Kier molecular flexibility index (Phi) is 37.2. The predicted molar refractivity (Wildman–Crippen MR) is 177 cm³/mol. The first-order valence-electron chi connectivity index (χ1n) is 17.4. The molecule has 0 saturated heterocycles. The minimum Gasteiger partial charge on any atom is -0.548 e. The Labute approximate surface area is 311 Å². The molecule has 0 heterocycles. The molecular weight excluding hydrogens is 636 g/mol. The third-order valence-electron chi connectivity index (χ3n) is 7.55. The standard InChI is InChI=1S/2C17H31NO5.Ca/c2*1-2-3-4-5-6-7-8-9-10-11-15(19)18-14(17(22)23)12-13-16(20)21;/h2*14H,2-13H2,1H3,(H,18,19)(H,20,21)(H,22,23);/q;;+2/p-2/t2*14-;/m00./s1. The van der Waals surface area contributed by atoms with Crippen molar-refractivity contribution >= 4 is 73.4 Å². The SMILES string of the molecule is CCCCCCCCCCCC(=O)N[C@@H](CCC(=O)O)C(=O)[O-].CCCCCCCCCCCC(=O)N[C@@H](CCC(=O)O)C(=O)[O-].[Ca+2]. The summed E-state index contributed by atoms with van der Waals surface area (Å²) in [6, 6.07) is -2.45. The molecule has 0 radical (unpaired) electrons. The summed E-state index contributed by atoms with van der Waals surface area (Å²) < 4.78 is 0. The Morgan fingerprint density at radius 3 is 0.957 bits per heavy atom. The van der Waals surface area contributed by atoms with Crippen LogP contribution in [0.2, 0.25) is 0 Å². The maximum atomic E-state index is 11.7. The monoisotopic (exact) mass is 696 g/mol. The number of nitrogens with one attached hydrogen (secondary N) is 2. The van der Waals surface area contributed by atoms with Gasteiger partial charge in [0.05, 0.1) is 24.0 Å². The molecule has 0 aliphatic heterocycles. The third-order valence-corrected chi connectivity index (χ3v) is 7.55. The Hall–Kier alpha value is -1.92. The number of hydrogen-bond acceptors (Lipinski definition) is 8. The first kappa shape index (κ1) is 49.5.